The van der Waals surface area contributed by atoms with E-state index >= 15 is 0 Å². The van der Waals surface area contributed by atoms with Crippen molar-refractivity contribution >= 4 is 54.7 Å². The normalized spacial score (nSPS) is 25.8. The van der Waals surface area contributed by atoms with Crippen LogP contribution in [0.15, 0.2) is 84.1 Å². The van der Waals surface area contributed by atoms with Crippen molar-refractivity contribution in [1.29, 1.82) is 0 Å². The number of thiophene rings is 2. The molecule has 6 fully saturated rings. The summed E-state index contributed by atoms with van der Waals surface area (Å²) in [4.78, 5) is 30.6. The van der Waals surface area contributed by atoms with Gasteiger partial charge in [0.15, 0.2) is 0 Å². The standard InChI is InChI=1S/C24H28N4O2S.C24H28N4OS/c1-2-4-17(5-3-1)21-15-31-24-22(21)23(25-16-26-24)28-12-18-19(13-28)20(18)14-30-11-8-27-6-9-29-10-7-27;1-2-6-17(7-3-1)21-15-30-24-22(21)23(25-16-26-24)28-12-18-19(13-28)20(18)14-29-11-10-27-8-4-5-9-27/h1-5,15-16,18-20H,6-14H2;1-3,6-7,15-16,18-20H,4-5,8-14H2. The number of piperidine rings is 2. The largest absolute Gasteiger partial charge is 0.380 e. The summed E-state index contributed by atoms with van der Waals surface area (Å²) in [6.07, 6.45) is 6.16. The fraction of sp³-hybridized carbons (Fsp3) is 0.500. The highest BCUT2D eigenvalue weighted by atomic mass is 32.1. The van der Waals surface area contributed by atoms with Gasteiger partial charge in [-0.05, 0) is 72.6 Å². The van der Waals surface area contributed by atoms with Crippen molar-refractivity contribution in [3.8, 4) is 22.3 Å². The van der Waals surface area contributed by atoms with E-state index in [9.17, 15) is 0 Å². The number of aromatic nitrogens is 4. The van der Waals surface area contributed by atoms with E-state index in [1.807, 2.05) is 0 Å². The quantitative estimate of drug-likeness (QED) is 0.102. The first kappa shape index (κ1) is 39.7. The lowest BCUT2D eigenvalue weighted by Gasteiger charge is -2.26. The lowest BCUT2D eigenvalue weighted by Crippen LogP contribution is -2.38. The lowest BCUT2D eigenvalue weighted by atomic mass is 10.1. The Bertz CT molecular complexity index is 2360. The fourth-order valence-electron chi connectivity index (χ4n) is 10.7. The summed E-state index contributed by atoms with van der Waals surface area (Å²) in [6.45, 7) is 16.4. The van der Waals surface area contributed by atoms with Crippen LogP contribution in [-0.2, 0) is 14.2 Å². The molecule has 0 bridgehead atoms. The Morgan fingerprint density at radius 3 is 1.46 bits per heavy atom. The minimum absolute atomic E-state index is 0.717. The van der Waals surface area contributed by atoms with Crippen molar-refractivity contribution in [3.05, 3.63) is 84.1 Å². The fourth-order valence-corrected chi connectivity index (χ4v) is 12.5. The molecular formula is C48H56N8O3S2. The molecule has 12 rings (SSSR count). The van der Waals surface area contributed by atoms with E-state index < -0.39 is 0 Å². The molecule has 13 heteroatoms. The second kappa shape index (κ2) is 18.0. The van der Waals surface area contributed by atoms with E-state index in [2.05, 4.69) is 101 Å². The molecule has 4 atom stereocenters. The minimum atomic E-state index is 0.717. The summed E-state index contributed by atoms with van der Waals surface area (Å²) in [5.41, 5.74) is 4.99. The molecule has 0 spiro atoms. The zero-order valence-corrected chi connectivity index (χ0v) is 36.5. The van der Waals surface area contributed by atoms with Crippen molar-refractivity contribution in [2.75, 3.05) is 115 Å². The molecule has 2 aliphatic carbocycles. The SMILES string of the molecule is c1ccc(-c2csc3ncnc(N4CC5C(COCCN6CCCC6)C5C4)c23)cc1.c1ccc(-c2csc3ncnc(N4CC5C(COCCN6CCOCC6)C5C4)c23)cc1. The molecule has 4 unspecified atom stereocenters. The first-order chi connectivity index (χ1) is 30.3. The molecule has 0 radical (unpaired) electrons. The molecule has 2 saturated carbocycles. The highest BCUT2D eigenvalue weighted by Crippen LogP contribution is 2.54. The maximum Gasteiger partial charge on any atom is 0.141 e. The van der Waals surface area contributed by atoms with E-state index in [0.29, 0.717) is 5.92 Å². The van der Waals surface area contributed by atoms with Gasteiger partial charge in [-0.1, -0.05) is 60.7 Å². The number of rotatable bonds is 14. The third-order valence-corrected chi connectivity index (χ3v) is 16.0. The number of hydrogen-bond acceptors (Lipinski definition) is 13. The molecule has 0 amide bonds. The van der Waals surface area contributed by atoms with Gasteiger partial charge in [-0.25, -0.2) is 19.9 Å². The lowest BCUT2D eigenvalue weighted by molar-refractivity contribution is 0.0183. The predicted molar refractivity (Wildman–Crippen MR) is 246 cm³/mol. The summed E-state index contributed by atoms with van der Waals surface area (Å²) >= 11 is 3.43. The maximum absolute atomic E-state index is 6.05. The molecule has 318 valence electrons. The number of likely N-dealkylation sites (tertiary alicyclic amines) is 1. The van der Waals surface area contributed by atoms with Crippen LogP contribution in [0.25, 0.3) is 42.7 Å². The van der Waals surface area contributed by atoms with Gasteiger partial charge in [0.25, 0.3) is 0 Å². The number of morpholine rings is 1. The summed E-state index contributed by atoms with van der Waals surface area (Å²) in [5.74, 6) is 6.69. The van der Waals surface area contributed by atoms with Crippen LogP contribution in [0.4, 0.5) is 11.6 Å². The van der Waals surface area contributed by atoms with Crippen LogP contribution in [0.3, 0.4) is 0 Å². The molecule has 61 heavy (non-hydrogen) atoms. The smallest absolute Gasteiger partial charge is 0.141 e. The summed E-state index contributed by atoms with van der Waals surface area (Å²) in [6, 6.07) is 21.2. The van der Waals surface area contributed by atoms with E-state index in [1.165, 1.54) is 59.0 Å². The van der Waals surface area contributed by atoms with Crippen molar-refractivity contribution in [2.45, 2.75) is 12.8 Å². The molecule has 4 aromatic heterocycles. The number of benzene rings is 2. The molecule has 8 heterocycles. The third-order valence-electron chi connectivity index (χ3n) is 14.2. The average molecular weight is 857 g/mol. The Morgan fingerprint density at radius 1 is 0.557 bits per heavy atom. The van der Waals surface area contributed by atoms with E-state index in [1.54, 1.807) is 35.3 Å². The van der Waals surface area contributed by atoms with Crippen molar-refractivity contribution in [2.24, 2.45) is 35.5 Å². The molecule has 4 aliphatic heterocycles. The topological polar surface area (TPSA) is 92.2 Å². The molecule has 2 aromatic carbocycles. The maximum atomic E-state index is 6.05. The first-order valence-corrected chi connectivity index (χ1v) is 24.3. The zero-order valence-electron chi connectivity index (χ0n) is 34.9. The number of ether oxygens (including phenoxy) is 3. The average Bonchev–Trinajstić information content (AvgIpc) is 3.85. The Balaban J connectivity index is 0.000000138. The monoisotopic (exact) mass is 856 g/mol. The van der Waals surface area contributed by atoms with Crippen molar-refractivity contribution in [3.63, 3.8) is 0 Å². The Kier molecular flexibility index (Phi) is 11.7. The minimum Gasteiger partial charge on any atom is -0.380 e. The van der Waals surface area contributed by atoms with Crippen LogP contribution < -0.4 is 9.80 Å². The Hall–Kier alpha value is -4.08. The summed E-state index contributed by atoms with van der Waals surface area (Å²) in [5, 5.41) is 6.87. The van der Waals surface area contributed by atoms with E-state index in [0.717, 1.165) is 143 Å². The first-order valence-electron chi connectivity index (χ1n) is 22.5. The zero-order chi connectivity index (χ0) is 40.5. The second-order valence-corrected chi connectivity index (χ2v) is 19.4. The number of hydrogen-bond donors (Lipinski definition) is 0. The van der Waals surface area contributed by atoms with Gasteiger partial charge in [0.05, 0.1) is 50.4 Å². The number of fused-ring (bicyclic) bond motifs is 4. The molecular weight excluding hydrogens is 801 g/mol. The van der Waals surface area contributed by atoms with Gasteiger partial charge in [-0.15, -0.1) is 22.7 Å². The van der Waals surface area contributed by atoms with Crippen LogP contribution in [0.5, 0.6) is 0 Å². The van der Waals surface area contributed by atoms with E-state index in [-0.39, 0.29) is 0 Å². The van der Waals surface area contributed by atoms with Crippen LogP contribution in [0, 0.1) is 35.5 Å². The van der Waals surface area contributed by atoms with Gasteiger partial charge in [-0.3, -0.25) is 4.90 Å². The van der Waals surface area contributed by atoms with Crippen LogP contribution in [0.2, 0.25) is 0 Å². The van der Waals surface area contributed by atoms with Gasteiger partial charge in [0.1, 0.15) is 34.0 Å². The molecule has 11 nitrogen and oxygen atoms in total. The van der Waals surface area contributed by atoms with Crippen LogP contribution in [-0.4, -0.2) is 135 Å². The van der Waals surface area contributed by atoms with Crippen LogP contribution in [0.1, 0.15) is 12.8 Å². The van der Waals surface area contributed by atoms with Crippen LogP contribution >= 0.6 is 22.7 Å². The number of nitrogens with zero attached hydrogens (tertiary/aromatic N) is 8. The summed E-state index contributed by atoms with van der Waals surface area (Å²) in [7, 11) is 0. The molecule has 4 saturated heterocycles. The van der Waals surface area contributed by atoms with Gasteiger partial charge < -0.3 is 28.9 Å². The molecule has 6 aliphatic rings. The Labute approximate surface area is 366 Å². The Morgan fingerprint density at radius 2 is 1.00 bits per heavy atom. The van der Waals surface area contributed by atoms with Crippen molar-refractivity contribution < 1.29 is 14.2 Å². The van der Waals surface area contributed by atoms with Gasteiger partial charge >= 0.3 is 0 Å². The van der Waals surface area contributed by atoms with E-state index in [4.69, 9.17) is 24.2 Å². The highest BCUT2D eigenvalue weighted by molar-refractivity contribution is 7.17. The van der Waals surface area contributed by atoms with Gasteiger partial charge in [-0.2, -0.15) is 0 Å². The van der Waals surface area contributed by atoms with Gasteiger partial charge in [0, 0.05) is 74.2 Å². The van der Waals surface area contributed by atoms with Gasteiger partial charge in [0.2, 0.25) is 0 Å². The summed E-state index contributed by atoms with van der Waals surface area (Å²) < 4.78 is 17.5. The third kappa shape index (κ3) is 8.42. The highest BCUT2D eigenvalue weighted by Gasteiger charge is 2.57. The number of anilines is 2. The predicted octanol–water partition coefficient (Wildman–Crippen LogP) is 7.54. The molecule has 0 N–H and O–H groups in total. The molecule has 6 aromatic rings. The second-order valence-electron chi connectivity index (χ2n) is 17.7. The van der Waals surface area contributed by atoms with Crippen molar-refractivity contribution in [1.82, 2.24) is 29.7 Å².